The summed E-state index contributed by atoms with van der Waals surface area (Å²) in [5.74, 6) is -0.648. The predicted octanol–water partition coefficient (Wildman–Crippen LogP) is 7.02. The number of esters is 1. The maximum absolute atomic E-state index is 14.7. The molecule has 3 aromatic carbocycles. The summed E-state index contributed by atoms with van der Waals surface area (Å²) in [6, 6.07) is 22.6. The Labute approximate surface area is 253 Å². The molecule has 0 spiro atoms. The number of amides is 2. The smallest absolute Gasteiger partial charge is 0.305 e. The van der Waals surface area contributed by atoms with Crippen LogP contribution in [-0.2, 0) is 27.3 Å². The number of benzene rings is 3. The largest absolute Gasteiger partial charge is 0.469 e. The molecular weight excluding hydrogens is 579 g/mol. The maximum Gasteiger partial charge on any atom is 0.305 e. The number of likely N-dealkylation sites (tertiary alicyclic amines) is 1. The van der Waals surface area contributed by atoms with Gasteiger partial charge >= 0.3 is 5.97 Å². The molecule has 1 unspecified atom stereocenters. The molecule has 0 radical (unpaired) electrons. The van der Waals surface area contributed by atoms with E-state index in [0.717, 1.165) is 21.2 Å². The van der Waals surface area contributed by atoms with E-state index in [-0.39, 0.29) is 24.2 Å². The van der Waals surface area contributed by atoms with E-state index in [2.05, 4.69) is 0 Å². The van der Waals surface area contributed by atoms with Crippen molar-refractivity contribution in [2.75, 3.05) is 20.2 Å². The van der Waals surface area contributed by atoms with Crippen LogP contribution in [0.3, 0.4) is 0 Å². The quantitative estimate of drug-likeness (QED) is 0.181. The molecule has 0 bridgehead atoms. The molecule has 1 fully saturated rings. The third-order valence-corrected chi connectivity index (χ3v) is 9.07. The van der Waals surface area contributed by atoms with Crippen molar-refractivity contribution in [3.63, 3.8) is 0 Å². The summed E-state index contributed by atoms with van der Waals surface area (Å²) in [4.78, 5) is 44.1. The first kappa shape index (κ1) is 29.1. The fourth-order valence-electron chi connectivity index (χ4n) is 5.42. The number of methoxy groups -OCH3 is 1. The molecule has 1 saturated heterocycles. The van der Waals surface area contributed by atoms with E-state index < -0.39 is 5.54 Å². The van der Waals surface area contributed by atoms with Crippen molar-refractivity contribution >= 4 is 62.4 Å². The van der Waals surface area contributed by atoms with Gasteiger partial charge in [-0.2, -0.15) is 0 Å². The minimum absolute atomic E-state index is 0.156. The van der Waals surface area contributed by atoms with Crippen LogP contribution < -0.4 is 0 Å². The second kappa shape index (κ2) is 12.6. The molecule has 212 valence electrons. The summed E-state index contributed by atoms with van der Waals surface area (Å²) in [5.41, 5.74) is 1.29. The van der Waals surface area contributed by atoms with E-state index in [9.17, 15) is 14.4 Å². The summed E-state index contributed by atoms with van der Waals surface area (Å²) >= 11 is 13.9. The lowest BCUT2D eigenvalue weighted by molar-refractivity contribution is -0.152. The average Bonchev–Trinajstić information content (AvgIpc) is 3.40. The van der Waals surface area contributed by atoms with Crippen LogP contribution in [0.4, 0.5) is 0 Å². The van der Waals surface area contributed by atoms with Gasteiger partial charge in [0.25, 0.3) is 5.91 Å². The molecule has 0 saturated carbocycles. The Kier molecular flexibility index (Phi) is 8.97. The summed E-state index contributed by atoms with van der Waals surface area (Å²) in [5, 5.41) is 3.94. The molecule has 1 atom stereocenters. The lowest BCUT2D eigenvalue weighted by Gasteiger charge is -2.53. The van der Waals surface area contributed by atoms with Gasteiger partial charge in [0.05, 0.1) is 12.7 Å². The zero-order chi connectivity index (χ0) is 29.0. The molecular formula is C32H30Cl2N2O4S. The van der Waals surface area contributed by atoms with Crippen molar-refractivity contribution in [2.24, 2.45) is 0 Å². The van der Waals surface area contributed by atoms with Crippen LogP contribution in [0.5, 0.6) is 0 Å². The van der Waals surface area contributed by atoms with Gasteiger partial charge in [-0.25, -0.2) is 0 Å². The van der Waals surface area contributed by atoms with E-state index in [1.807, 2.05) is 60.0 Å². The van der Waals surface area contributed by atoms with Gasteiger partial charge in [-0.3, -0.25) is 14.4 Å². The topological polar surface area (TPSA) is 66.9 Å². The van der Waals surface area contributed by atoms with Gasteiger partial charge in [0.2, 0.25) is 5.91 Å². The Morgan fingerprint density at radius 2 is 1.76 bits per heavy atom. The molecule has 2 heterocycles. The molecule has 4 aromatic rings. The zero-order valence-corrected chi connectivity index (χ0v) is 25.0. The van der Waals surface area contributed by atoms with Gasteiger partial charge in [0, 0.05) is 58.0 Å². The van der Waals surface area contributed by atoms with Gasteiger partial charge in [-0.15, -0.1) is 11.3 Å². The number of halogens is 2. The van der Waals surface area contributed by atoms with Crippen LogP contribution >= 0.6 is 34.5 Å². The van der Waals surface area contributed by atoms with E-state index in [0.29, 0.717) is 54.5 Å². The zero-order valence-electron chi connectivity index (χ0n) is 22.6. The van der Waals surface area contributed by atoms with Gasteiger partial charge in [0.1, 0.15) is 5.54 Å². The summed E-state index contributed by atoms with van der Waals surface area (Å²) in [6.07, 6.45) is 1.48. The third-order valence-electron chi connectivity index (χ3n) is 7.62. The highest BCUT2D eigenvalue weighted by Crippen LogP contribution is 2.40. The fraction of sp³-hybridized carbons (Fsp3) is 0.281. The first-order valence-corrected chi connectivity index (χ1v) is 15.1. The number of ether oxygens (including phenoxy) is 1. The van der Waals surface area contributed by atoms with Crippen LogP contribution in [0.15, 0.2) is 78.2 Å². The van der Waals surface area contributed by atoms with E-state index >= 15 is 0 Å². The predicted molar refractivity (Wildman–Crippen MR) is 163 cm³/mol. The highest BCUT2D eigenvalue weighted by molar-refractivity contribution is 7.17. The number of thiophene rings is 1. The average molecular weight is 610 g/mol. The highest BCUT2D eigenvalue weighted by Gasteiger charge is 2.55. The monoisotopic (exact) mass is 608 g/mol. The van der Waals surface area contributed by atoms with Crippen molar-refractivity contribution in [1.82, 2.24) is 9.80 Å². The molecule has 6 nitrogen and oxygen atoms in total. The van der Waals surface area contributed by atoms with Crippen molar-refractivity contribution in [1.29, 1.82) is 0 Å². The standard InChI is InChI=1S/C32H30Cl2N2O4S/c1-40-29(37)10-5-16-35(20-23-6-4-7-25(34)18-23)31(39)32(19-22-11-13-24(33)14-12-22)15-17-36(32)30(38)27-21-41-28-9-3-2-8-26(27)28/h2-4,6-9,11-14,18,21H,5,10,15-17,19-20H2,1H3. The van der Waals surface area contributed by atoms with Crippen LogP contribution in [0.1, 0.15) is 40.7 Å². The molecule has 41 heavy (non-hydrogen) atoms. The second-order valence-electron chi connectivity index (χ2n) is 10.2. The number of carbonyl (C=O) groups is 3. The molecule has 0 aliphatic carbocycles. The van der Waals surface area contributed by atoms with Crippen LogP contribution in [-0.4, -0.2) is 53.3 Å². The Morgan fingerprint density at radius 1 is 0.976 bits per heavy atom. The lowest BCUT2D eigenvalue weighted by Crippen LogP contribution is -2.70. The molecule has 0 N–H and O–H groups in total. The van der Waals surface area contributed by atoms with Crippen molar-refractivity contribution in [3.8, 4) is 0 Å². The van der Waals surface area contributed by atoms with Gasteiger partial charge in [0.15, 0.2) is 0 Å². The number of carbonyl (C=O) groups excluding carboxylic acids is 3. The Morgan fingerprint density at radius 3 is 2.46 bits per heavy atom. The Balaban J connectivity index is 1.51. The van der Waals surface area contributed by atoms with Crippen LogP contribution in [0, 0.1) is 0 Å². The summed E-state index contributed by atoms with van der Waals surface area (Å²) in [7, 11) is 1.35. The Hall–Kier alpha value is -3.39. The third kappa shape index (κ3) is 6.27. The van der Waals surface area contributed by atoms with Gasteiger partial charge in [-0.05, 0) is 54.3 Å². The number of rotatable bonds is 10. The number of nitrogens with zero attached hydrogens (tertiary/aromatic N) is 2. The van der Waals surface area contributed by atoms with Gasteiger partial charge < -0.3 is 14.5 Å². The molecule has 2 amide bonds. The minimum Gasteiger partial charge on any atom is -0.469 e. The molecule has 5 rings (SSSR count). The summed E-state index contributed by atoms with van der Waals surface area (Å²) < 4.78 is 5.84. The SMILES string of the molecule is COC(=O)CCCN(Cc1cccc(Cl)c1)C(=O)C1(Cc2ccc(Cl)cc2)CCN1C(=O)c1csc2ccccc12. The fourth-order valence-corrected chi connectivity index (χ4v) is 6.69. The molecule has 1 aliphatic rings. The van der Waals surface area contributed by atoms with Crippen LogP contribution in [0.2, 0.25) is 10.0 Å². The van der Waals surface area contributed by atoms with E-state index in [4.69, 9.17) is 27.9 Å². The molecule has 1 aliphatic heterocycles. The van der Waals surface area contributed by atoms with E-state index in [1.54, 1.807) is 28.0 Å². The molecule has 9 heteroatoms. The summed E-state index contributed by atoms with van der Waals surface area (Å²) in [6.45, 7) is 1.09. The normalized spacial score (nSPS) is 16.3. The lowest BCUT2D eigenvalue weighted by atomic mass is 9.77. The maximum atomic E-state index is 14.7. The highest BCUT2D eigenvalue weighted by atomic mass is 35.5. The minimum atomic E-state index is -1.09. The Bertz CT molecular complexity index is 1570. The van der Waals surface area contributed by atoms with Crippen molar-refractivity contribution in [2.45, 2.75) is 37.8 Å². The van der Waals surface area contributed by atoms with Crippen LogP contribution in [0.25, 0.3) is 10.1 Å². The number of hydrogen-bond acceptors (Lipinski definition) is 5. The first-order chi connectivity index (χ1) is 19.8. The van der Waals surface area contributed by atoms with Crippen molar-refractivity contribution < 1.29 is 19.1 Å². The van der Waals surface area contributed by atoms with E-state index in [1.165, 1.54) is 18.4 Å². The molecule has 1 aromatic heterocycles. The first-order valence-electron chi connectivity index (χ1n) is 13.4. The second-order valence-corrected chi connectivity index (χ2v) is 12.0. The van der Waals surface area contributed by atoms with Crippen molar-refractivity contribution in [3.05, 3.63) is 105 Å². The number of fused-ring (bicyclic) bond motifs is 1. The van der Waals surface area contributed by atoms with Gasteiger partial charge in [-0.1, -0.05) is 65.7 Å². The number of hydrogen-bond donors (Lipinski definition) is 0.